The Labute approximate surface area is 165 Å². The maximum atomic E-state index is 12.9. The van der Waals surface area contributed by atoms with Crippen molar-refractivity contribution in [2.45, 2.75) is 6.92 Å². The number of rotatable bonds is 5. The number of nitrogens with one attached hydrogen (secondary N) is 2. The van der Waals surface area contributed by atoms with E-state index in [9.17, 15) is 9.59 Å². The number of para-hydroxylation sites is 2. The number of ether oxygens (including phenoxy) is 1. The van der Waals surface area contributed by atoms with Gasteiger partial charge in [-0.05, 0) is 31.2 Å². The fourth-order valence-corrected chi connectivity index (χ4v) is 2.89. The van der Waals surface area contributed by atoms with Crippen LogP contribution in [0, 0.1) is 6.92 Å². The lowest BCUT2D eigenvalue weighted by Gasteiger charge is -2.09. The molecule has 4 aromatic rings. The second-order valence-electron chi connectivity index (χ2n) is 6.17. The van der Waals surface area contributed by atoms with E-state index in [2.05, 4.69) is 20.8 Å². The standard InChI is InChI=1S/C20H17N5O4/c1-12-11-16(24-29-12)22-19(26)17-14-8-5-6-10-25(14)18(23-17)20(27)21-13-7-3-4-9-15(13)28-2/h3-11H,1-2H3,(H,21,27)(H,22,24,26). The molecule has 1 aromatic carbocycles. The van der Waals surface area contributed by atoms with E-state index in [0.717, 1.165) is 0 Å². The third kappa shape index (κ3) is 3.53. The lowest BCUT2D eigenvalue weighted by Crippen LogP contribution is -2.17. The summed E-state index contributed by atoms with van der Waals surface area (Å²) in [6.45, 7) is 1.72. The zero-order valence-corrected chi connectivity index (χ0v) is 15.7. The van der Waals surface area contributed by atoms with Gasteiger partial charge in [0.05, 0.1) is 18.3 Å². The maximum Gasteiger partial charge on any atom is 0.292 e. The van der Waals surface area contributed by atoms with Crippen molar-refractivity contribution >= 4 is 28.8 Å². The quantitative estimate of drug-likeness (QED) is 0.541. The molecule has 0 fully saturated rings. The minimum atomic E-state index is -0.502. The van der Waals surface area contributed by atoms with Gasteiger partial charge in [-0.15, -0.1) is 0 Å². The van der Waals surface area contributed by atoms with Gasteiger partial charge < -0.3 is 19.9 Å². The SMILES string of the molecule is COc1ccccc1NC(=O)c1nc(C(=O)Nc2cc(C)on2)c2ccccn12. The lowest BCUT2D eigenvalue weighted by molar-refractivity contribution is 0.101. The molecular formula is C20H17N5O4. The molecule has 2 amide bonds. The normalized spacial score (nSPS) is 10.7. The van der Waals surface area contributed by atoms with Gasteiger partial charge in [-0.3, -0.25) is 14.0 Å². The molecule has 146 valence electrons. The van der Waals surface area contributed by atoms with Gasteiger partial charge in [0, 0.05) is 12.3 Å². The summed E-state index contributed by atoms with van der Waals surface area (Å²) < 4.78 is 11.8. The van der Waals surface area contributed by atoms with Gasteiger partial charge in [-0.25, -0.2) is 4.98 Å². The Bertz CT molecular complexity index is 1210. The zero-order valence-electron chi connectivity index (χ0n) is 15.7. The van der Waals surface area contributed by atoms with Crippen LogP contribution in [-0.4, -0.2) is 33.5 Å². The van der Waals surface area contributed by atoms with Crippen molar-refractivity contribution in [2.24, 2.45) is 0 Å². The van der Waals surface area contributed by atoms with Gasteiger partial charge in [0.25, 0.3) is 11.8 Å². The molecule has 9 heteroatoms. The van der Waals surface area contributed by atoms with Crippen LogP contribution >= 0.6 is 0 Å². The average Bonchev–Trinajstić information content (AvgIpc) is 3.32. The second-order valence-corrected chi connectivity index (χ2v) is 6.17. The third-order valence-electron chi connectivity index (χ3n) is 4.19. The first kappa shape index (κ1) is 18.2. The van der Waals surface area contributed by atoms with Crippen molar-refractivity contribution in [3.8, 4) is 5.75 Å². The minimum absolute atomic E-state index is 0.0630. The Morgan fingerprint density at radius 1 is 1.07 bits per heavy atom. The Kier molecular flexibility index (Phi) is 4.70. The first-order chi connectivity index (χ1) is 14.1. The molecular weight excluding hydrogens is 374 g/mol. The summed E-state index contributed by atoms with van der Waals surface area (Å²) in [5.41, 5.74) is 1.07. The molecule has 0 saturated heterocycles. The fourth-order valence-electron chi connectivity index (χ4n) is 2.89. The van der Waals surface area contributed by atoms with Crippen LogP contribution in [0.5, 0.6) is 5.75 Å². The number of aromatic nitrogens is 3. The van der Waals surface area contributed by atoms with E-state index in [4.69, 9.17) is 9.26 Å². The summed E-state index contributed by atoms with van der Waals surface area (Å²) in [7, 11) is 1.52. The highest BCUT2D eigenvalue weighted by Crippen LogP contribution is 2.24. The third-order valence-corrected chi connectivity index (χ3v) is 4.19. The van der Waals surface area contributed by atoms with Gasteiger partial charge in [0.2, 0.25) is 5.82 Å². The van der Waals surface area contributed by atoms with Gasteiger partial charge in [0.15, 0.2) is 11.5 Å². The summed E-state index contributed by atoms with van der Waals surface area (Å²) in [6, 6.07) is 13.8. The Morgan fingerprint density at radius 3 is 2.62 bits per heavy atom. The van der Waals surface area contributed by atoms with Crippen molar-refractivity contribution in [3.05, 3.63) is 72.0 Å². The number of hydrogen-bond donors (Lipinski definition) is 2. The van der Waals surface area contributed by atoms with E-state index in [-0.39, 0.29) is 17.3 Å². The molecule has 0 saturated carbocycles. The van der Waals surface area contributed by atoms with Crippen LogP contribution in [0.1, 0.15) is 26.9 Å². The molecule has 3 aromatic heterocycles. The molecule has 0 aliphatic heterocycles. The Hall–Kier alpha value is -4.14. The number of imidazole rings is 1. The number of carbonyl (C=O) groups is 2. The number of benzene rings is 1. The summed E-state index contributed by atoms with van der Waals surface area (Å²) in [5, 5.41) is 9.13. The molecule has 0 unspecified atom stereocenters. The molecule has 0 atom stereocenters. The molecule has 3 heterocycles. The number of carbonyl (C=O) groups excluding carboxylic acids is 2. The summed E-state index contributed by atoms with van der Waals surface area (Å²) >= 11 is 0. The van der Waals surface area contributed by atoms with Crippen LogP contribution in [0.3, 0.4) is 0 Å². The molecule has 0 bridgehead atoms. The lowest BCUT2D eigenvalue weighted by atomic mass is 10.3. The Morgan fingerprint density at radius 2 is 1.86 bits per heavy atom. The molecule has 9 nitrogen and oxygen atoms in total. The summed E-state index contributed by atoms with van der Waals surface area (Å²) in [6.07, 6.45) is 1.66. The molecule has 0 aliphatic rings. The van der Waals surface area contributed by atoms with E-state index in [1.54, 1.807) is 66.1 Å². The predicted molar refractivity (Wildman–Crippen MR) is 105 cm³/mol. The van der Waals surface area contributed by atoms with Crippen LogP contribution in [0.4, 0.5) is 11.5 Å². The number of hydrogen-bond acceptors (Lipinski definition) is 6. The number of aryl methyl sites for hydroxylation is 1. The van der Waals surface area contributed by atoms with Gasteiger partial charge in [-0.1, -0.05) is 23.4 Å². The summed E-state index contributed by atoms with van der Waals surface area (Å²) in [4.78, 5) is 29.9. The largest absolute Gasteiger partial charge is 0.495 e. The number of amides is 2. The highest BCUT2D eigenvalue weighted by atomic mass is 16.5. The molecule has 0 radical (unpaired) electrons. The molecule has 29 heavy (non-hydrogen) atoms. The van der Waals surface area contributed by atoms with Crippen LogP contribution in [0.2, 0.25) is 0 Å². The molecule has 0 aliphatic carbocycles. The molecule has 4 rings (SSSR count). The second kappa shape index (κ2) is 7.47. The van der Waals surface area contributed by atoms with Gasteiger partial charge in [-0.2, -0.15) is 0 Å². The average molecular weight is 391 g/mol. The van der Waals surface area contributed by atoms with Crippen molar-refractivity contribution in [1.29, 1.82) is 0 Å². The van der Waals surface area contributed by atoms with E-state index in [1.807, 2.05) is 0 Å². The zero-order chi connectivity index (χ0) is 20.4. The first-order valence-electron chi connectivity index (χ1n) is 8.73. The number of methoxy groups -OCH3 is 1. The van der Waals surface area contributed by atoms with Crippen LogP contribution in [0.15, 0.2) is 59.3 Å². The van der Waals surface area contributed by atoms with Gasteiger partial charge >= 0.3 is 0 Å². The van der Waals surface area contributed by atoms with E-state index >= 15 is 0 Å². The van der Waals surface area contributed by atoms with Crippen LogP contribution < -0.4 is 15.4 Å². The van der Waals surface area contributed by atoms with E-state index < -0.39 is 11.8 Å². The van der Waals surface area contributed by atoms with Crippen LogP contribution in [0.25, 0.3) is 5.52 Å². The first-order valence-corrected chi connectivity index (χ1v) is 8.73. The van der Waals surface area contributed by atoms with Crippen LogP contribution in [-0.2, 0) is 0 Å². The van der Waals surface area contributed by atoms with Crippen molar-refractivity contribution in [2.75, 3.05) is 17.7 Å². The smallest absolute Gasteiger partial charge is 0.292 e. The highest BCUT2D eigenvalue weighted by Gasteiger charge is 2.22. The predicted octanol–water partition coefficient (Wildman–Crippen LogP) is 3.14. The van der Waals surface area contributed by atoms with Gasteiger partial charge in [0.1, 0.15) is 11.5 Å². The number of anilines is 2. The topological polar surface area (TPSA) is 111 Å². The monoisotopic (exact) mass is 391 g/mol. The van der Waals surface area contributed by atoms with Crippen molar-refractivity contribution in [3.63, 3.8) is 0 Å². The van der Waals surface area contributed by atoms with Crippen molar-refractivity contribution < 1.29 is 18.8 Å². The Balaban J connectivity index is 1.68. The van der Waals surface area contributed by atoms with E-state index in [1.165, 1.54) is 7.11 Å². The maximum absolute atomic E-state index is 12.9. The highest BCUT2D eigenvalue weighted by molar-refractivity contribution is 6.10. The summed E-state index contributed by atoms with van der Waals surface area (Å²) in [5.74, 6) is 0.427. The minimum Gasteiger partial charge on any atom is -0.495 e. The fraction of sp³-hybridized carbons (Fsp3) is 0.100. The number of pyridine rings is 1. The van der Waals surface area contributed by atoms with Crippen molar-refractivity contribution in [1.82, 2.24) is 14.5 Å². The number of nitrogens with zero attached hydrogens (tertiary/aromatic N) is 3. The number of fused-ring (bicyclic) bond motifs is 1. The molecule has 0 spiro atoms. The van der Waals surface area contributed by atoms with E-state index in [0.29, 0.717) is 22.7 Å². The molecule has 2 N–H and O–H groups in total.